The van der Waals surface area contributed by atoms with E-state index in [-0.39, 0.29) is 12.1 Å². The number of carbonyl (C=O) groups is 1. The second-order valence-corrected chi connectivity index (χ2v) is 7.24. The highest BCUT2D eigenvalue weighted by molar-refractivity contribution is 5.75. The molecular formula is C19H31N3O. The number of hydrogen-bond acceptors (Lipinski definition) is 2. The van der Waals surface area contributed by atoms with Gasteiger partial charge in [0.15, 0.2) is 0 Å². The van der Waals surface area contributed by atoms with Gasteiger partial charge in [0.1, 0.15) is 0 Å². The topological polar surface area (TPSA) is 35.6 Å². The molecule has 1 fully saturated rings. The molecule has 23 heavy (non-hydrogen) atoms. The average molecular weight is 317 g/mol. The van der Waals surface area contributed by atoms with Gasteiger partial charge in [-0.1, -0.05) is 30.7 Å². The van der Waals surface area contributed by atoms with Crippen LogP contribution in [0.4, 0.5) is 4.79 Å². The molecule has 0 spiro atoms. The third-order valence-corrected chi connectivity index (χ3v) is 5.12. The molecule has 1 aromatic rings. The number of aryl methyl sites for hydroxylation is 2. The van der Waals surface area contributed by atoms with Crippen molar-refractivity contribution < 1.29 is 4.79 Å². The maximum atomic E-state index is 12.7. The van der Waals surface area contributed by atoms with E-state index in [1.165, 1.54) is 16.7 Å². The molecule has 1 aromatic carbocycles. The van der Waals surface area contributed by atoms with Crippen LogP contribution in [0.25, 0.3) is 0 Å². The van der Waals surface area contributed by atoms with E-state index < -0.39 is 0 Å². The number of likely N-dealkylation sites (tertiary alicyclic amines) is 1. The summed E-state index contributed by atoms with van der Waals surface area (Å²) in [5.41, 5.74) is 3.64. The van der Waals surface area contributed by atoms with Gasteiger partial charge in [0.05, 0.1) is 6.04 Å². The largest absolute Gasteiger partial charge is 0.331 e. The normalized spacial score (nSPS) is 23.4. The van der Waals surface area contributed by atoms with E-state index in [0.29, 0.717) is 12.0 Å². The number of nitrogens with zero attached hydrogens (tertiary/aromatic N) is 2. The first-order valence-corrected chi connectivity index (χ1v) is 8.58. The van der Waals surface area contributed by atoms with Gasteiger partial charge in [-0.25, -0.2) is 4.79 Å². The summed E-state index contributed by atoms with van der Waals surface area (Å²) in [6, 6.07) is 6.76. The van der Waals surface area contributed by atoms with Crippen molar-refractivity contribution in [2.45, 2.75) is 46.2 Å². The van der Waals surface area contributed by atoms with Crippen molar-refractivity contribution in [3.8, 4) is 0 Å². The summed E-state index contributed by atoms with van der Waals surface area (Å²) in [7, 11) is 4.08. The van der Waals surface area contributed by atoms with Crippen LogP contribution < -0.4 is 5.32 Å². The second kappa shape index (κ2) is 7.35. The molecule has 0 aliphatic carbocycles. The van der Waals surface area contributed by atoms with Crippen molar-refractivity contribution in [3.05, 3.63) is 34.9 Å². The molecule has 128 valence electrons. The molecule has 0 saturated carbocycles. The zero-order valence-corrected chi connectivity index (χ0v) is 15.4. The molecule has 3 atom stereocenters. The smallest absolute Gasteiger partial charge is 0.317 e. The number of amides is 2. The highest BCUT2D eigenvalue weighted by atomic mass is 16.2. The van der Waals surface area contributed by atoms with Crippen LogP contribution in [0.15, 0.2) is 18.2 Å². The molecule has 0 bridgehead atoms. The summed E-state index contributed by atoms with van der Waals surface area (Å²) in [6.07, 6.45) is 1.04. The van der Waals surface area contributed by atoms with E-state index in [4.69, 9.17) is 0 Å². The van der Waals surface area contributed by atoms with E-state index in [9.17, 15) is 4.79 Å². The average Bonchev–Trinajstić information content (AvgIpc) is 2.49. The van der Waals surface area contributed by atoms with Crippen LogP contribution in [0.3, 0.4) is 0 Å². The van der Waals surface area contributed by atoms with E-state index in [2.05, 4.69) is 63.2 Å². The lowest BCUT2D eigenvalue weighted by Crippen LogP contribution is -2.52. The quantitative estimate of drug-likeness (QED) is 0.928. The van der Waals surface area contributed by atoms with Crippen molar-refractivity contribution in [2.24, 2.45) is 5.92 Å². The number of rotatable bonds is 3. The van der Waals surface area contributed by atoms with Gasteiger partial charge in [0, 0.05) is 19.6 Å². The lowest BCUT2D eigenvalue weighted by Gasteiger charge is -2.40. The van der Waals surface area contributed by atoms with E-state index in [1.54, 1.807) is 0 Å². The highest BCUT2D eigenvalue weighted by Crippen LogP contribution is 2.22. The minimum absolute atomic E-state index is 0.0198. The predicted octanol–water partition coefficient (Wildman–Crippen LogP) is 3.35. The molecule has 4 heteroatoms. The molecule has 4 nitrogen and oxygen atoms in total. The first-order valence-electron chi connectivity index (χ1n) is 8.58. The summed E-state index contributed by atoms with van der Waals surface area (Å²) in [4.78, 5) is 16.9. The Kier molecular flexibility index (Phi) is 5.69. The summed E-state index contributed by atoms with van der Waals surface area (Å²) in [6.45, 7) is 10.6. The Balaban J connectivity index is 2.01. The van der Waals surface area contributed by atoms with Crippen molar-refractivity contribution in [1.29, 1.82) is 0 Å². The Hall–Kier alpha value is -1.55. The Labute approximate surface area is 140 Å². The minimum Gasteiger partial charge on any atom is -0.331 e. The number of urea groups is 1. The fourth-order valence-corrected chi connectivity index (χ4v) is 3.66. The second-order valence-electron chi connectivity index (χ2n) is 7.24. The SMILES string of the molecule is Cc1ccc(C)c([C@H](C)NC(=O)N(C)[C@H]2CCN(C)C[C@@H]2C)c1. The molecule has 1 aliphatic heterocycles. The highest BCUT2D eigenvalue weighted by Gasteiger charge is 2.30. The number of carbonyl (C=O) groups excluding carboxylic acids is 1. The number of benzene rings is 1. The Morgan fingerprint density at radius 3 is 2.74 bits per heavy atom. The van der Waals surface area contributed by atoms with Crippen LogP contribution in [0, 0.1) is 19.8 Å². The molecule has 1 heterocycles. The molecule has 0 aromatic heterocycles. The van der Waals surface area contributed by atoms with Crippen LogP contribution in [-0.4, -0.2) is 49.1 Å². The van der Waals surface area contributed by atoms with Gasteiger partial charge in [0.25, 0.3) is 0 Å². The van der Waals surface area contributed by atoms with Crippen LogP contribution in [0.2, 0.25) is 0 Å². The van der Waals surface area contributed by atoms with Crippen molar-refractivity contribution >= 4 is 6.03 Å². The lowest BCUT2D eigenvalue weighted by molar-refractivity contribution is 0.106. The third kappa shape index (κ3) is 4.25. The van der Waals surface area contributed by atoms with Crippen LogP contribution in [0.5, 0.6) is 0 Å². The molecule has 2 amide bonds. The first kappa shape index (κ1) is 17.8. The number of nitrogens with one attached hydrogen (secondary N) is 1. The fourth-order valence-electron chi connectivity index (χ4n) is 3.66. The molecule has 0 radical (unpaired) electrons. The van der Waals surface area contributed by atoms with Crippen LogP contribution >= 0.6 is 0 Å². The van der Waals surface area contributed by atoms with Crippen molar-refractivity contribution in [2.75, 3.05) is 27.2 Å². The zero-order chi connectivity index (χ0) is 17.1. The summed E-state index contributed by atoms with van der Waals surface area (Å²) < 4.78 is 0. The maximum Gasteiger partial charge on any atom is 0.317 e. The standard InChI is InChI=1S/C19H31N3O/c1-13-7-8-14(2)17(11-13)16(4)20-19(23)22(6)18-9-10-21(5)12-15(18)3/h7-8,11,15-16,18H,9-10,12H2,1-6H3,(H,20,23)/t15-,16-,18-/m0/s1. The fraction of sp³-hybridized carbons (Fsp3) is 0.632. The Morgan fingerprint density at radius 2 is 2.09 bits per heavy atom. The van der Waals surface area contributed by atoms with Crippen molar-refractivity contribution in [1.82, 2.24) is 15.1 Å². The van der Waals surface area contributed by atoms with Gasteiger partial charge in [-0.05, 0) is 57.8 Å². The Bertz CT molecular complexity index is 558. The van der Waals surface area contributed by atoms with Gasteiger partial charge < -0.3 is 15.1 Å². The van der Waals surface area contributed by atoms with Crippen molar-refractivity contribution in [3.63, 3.8) is 0 Å². The van der Waals surface area contributed by atoms with E-state index in [0.717, 1.165) is 19.5 Å². The van der Waals surface area contributed by atoms with Gasteiger partial charge in [-0.2, -0.15) is 0 Å². The maximum absolute atomic E-state index is 12.7. The van der Waals surface area contributed by atoms with Gasteiger partial charge in [-0.3, -0.25) is 0 Å². The number of hydrogen-bond donors (Lipinski definition) is 1. The molecule has 1 aliphatic rings. The Morgan fingerprint density at radius 1 is 1.39 bits per heavy atom. The minimum atomic E-state index is 0.0198. The van der Waals surface area contributed by atoms with Gasteiger partial charge >= 0.3 is 6.03 Å². The monoisotopic (exact) mass is 317 g/mol. The predicted molar refractivity (Wildman–Crippen MR) is 95.7 cm³/mol. The molecule has 1 saturated heterocycles. The molecule has 1 N–H and O–H groups in total. The van der Waals surface area contributed by atoms with E-state index in [1.807, 2.05) is 11.9 Å². The summed E-state index contributed by atoms with van der Waals surface area (Å²) in [5, 5.41) is 3.17. The molecule has 2 rings (SSSR count). The van der Waals surface area contributed by atoms with E-state index >= 15 is 0 Å². The van der Waals surface area contributed by atoms with Gasteiger partial charge in [0.2, 0.25) is 0 Å². The number of piperidine rings is 1. The summed E-state index contributed by atoms with van der Waals surface area (Å²) in [5.74, 6) is 0.500. The van der Waals surface area contributed by atoms with Gasteiger partial charge in [-0.15, -0.1) is 0 Å². The van der Waals surface area contributed by atoms with Crippen LogP contribution in [-0.2, 0) is 0 Å². The molecular weight excluding hydrogens is 286 g/mol. The third-order valence-electron chi connectivity index (χ3n) is 5.12. The lowest BCUT2D eigenvalue weighted by atomic mass is 9.93. The first-order chi connectivity index (χ1) is 10.8. The molecule has 0 unspecified atom stereocenters. The van der Waals surface area contributed by atoms with Crippen LogP contribution in [0.1, 0.15) is 43.0 Å². The summed E-state index contributed by atoms with van der Waals surface area (Å²) >= 11 is 0. The zero-order valence-electron chi connectivity index (χ0n) is 15.4.